The third kappa shape index (κ3) is 5.09. The summed E-state index contributed by atoms with van der Waals surface area (Å²) in [5, 5.41) is 10.8. The van der Waals surface area contributed by atoms with E-state index in [1.54, 1.807) is 55.1 Å². The number of para-hydroxylation sites is 2. The Hall–Kier alpha value is -4.14. The smallest absolute Gasteiger partial charge is 0.374 e. The van der Waals surface area contributed by atoms with E-state index in [1.165, 1.54) is 7.11 Å². The first-order chi connectivity index (χ1) is 16.4. The maximum absolute atomic E-state index is 13.0. The molecule has 0 amide bonds. The van der Waals surface area contributed by atoms with Crippen LogP contribution in [0.5, 0.6) is 0 Å². The lowest BCUT2D eigenvalue weighted by Crippen LogP contribution is -2.42. The minimum atomic E-state index is -1.09. The summed E-state index contributed by atoms with van der Waals surface area (Å²) in [5.74, 6) is -3.52. The molecule has 0 saturated heterocycles. The molecule has 0 fully saturated rings. The van der Waals surface area contributed by atoms with Gasteiger partial charge in [0, 0.05) is 11.3 Å². The van der Waals surface area contributed by atoms with Gasteiger partial charge in [-0.15, -0.1) is 0 Å². The maximum atomic E-state index is 13.0. The van der Waals surface area contributed by atoms with Gasteiger partial charge in [0.1, 0.15) is 0 Å². The number of methoxy groups -OCH3 is 1. The van der Waals surface area contributed by atoms with Gasteiger partial charge >= 0.3 is 17.9 Å². The highest BCUT2D eigenvalue weighted by Gasteiger charge is 2.39. The molecular weight excluding hydrogens is 440 g/mol. The predicted octanol–water partition coefficient (Wildman–Crippen LogP) is 3.78. The molecule has 2 aromatic carbocycles. The Labute approximate surface area is 197 Å². The Morgan fingerprint density at radius 3 is 2.21 bits per heavy atom. The highest BCUT2D eigenvalue weighted by molar-refractivity contribution is 6.28. The Kier molecular flexibility index (Phi) is 8.02. The molecule has 1 aliphatic rings. The molecule has 0 saturated carbocycles. The first-order valence-electron chi connectivity index (χ1n) is 10.8. The molecule has 9 heteroatoms. The largest absolute Gasteiger partial charge is 0.501 e. The molecule has 2 aromatic rings. The van der Waals surface area contributed by atoms with Crippen molar-refractivity contribution in [1.29, 1.82) is 0 Å². The molecule has 1 atom stereocenters. The molecule has 1 unspecified atom stereocenters. The summed E-state index contributed by atoms with van der Waals surface area (Å²) in [7, 11) is 1.29. The fourth-order valence-electron chi connectivity index (χ4n) is 3.63. The van der Waals surface area contributed by atoms with E-state index in [2.05, 4.69) is 4.99 Å². The van der Waals surface area contributed by atoms with Gasteiger partial charge in [0.15, 0.2) is 11.4 Å². The molecule has 1 aliphatic heterocycles. The van der Waals surface area contributed by atoms with Crippen molar-refractivity contribution in [2.24, 2.45) is 4.99 Å². The lowest BCUT2D eigenvalue weighted by atomic mass is 9.95. The highest BCUT2D eigenvalue weighted by atomic mass is 16.5. The molecular formula is C25H26N2O7. The number of esters is 3. The Morgan fingerprint density at radius 2 is 1.56 bits per heavy atom. The monoisotopic (exact) mass is 466 g/mol. The number of ether oxygens (including phenoxy) is 3. The van der Waals surface area contributed by atoms with Crippen molar-refractivity contribution in [1.82, 2.24) is 0 Å². The Balaban J connectivity index is 2.32. The normalized spacial score (nSPS) is 15.4. The van der Waals surface area contributed by atoms with Crippen LogP contribution < -0.4 is 4.90 Å². The van der Waals surface area contributed by atoms with E-state index in [9.17, 15) is 19.5 Å². The molecule has 1 heterocycles. The average Bonchev–Trinajstić information content (AvgIpc) is 2.85. The van der Waals surface area contributed by atoms with E-state index in [1.807, 2.05) is 18.2 Å². The Bertz CT molecular complexity index is 1130. The van der Waals surface area contributed by atoms with E-state index in [0.29, 0.717) is 16.9 Å². The fourth-order valence-corrected chi connectivity index (χ4v) is 3.63. The van der Waals surface area contributed by atoms with Crippen molar-refractivity contribution in [2.45, 2.75) is 26.3 Å². The van der Waals surface area contributed by atoms with Crippen LogP contribution in [0.2, 0.25) is 0 Å². The Morgan fingerprint density at radius 1 is 0.941 bits per heavy atom. The van der Waals surface area contributed by atoms with Crippen molar-refractivity contribution in [2.75, 3.05) is 25.2 Å². The van der Waals surface area contributed by atoms with Gasteiger partial charge in [-0.3, -0.25) is 4.79 Å². The number of hydrogen-bond acceptors (Lipinski definition) is 9. The van der Waals surface area contributed by atoms with Crippen molar-refractivity contribution < 1.29 is 33.7 Å². The SMILES string of the molecule is CCOC(=O)/C(O)=C(/C(=O)OCC)C1=Nc2ccccc2C(CC(=O)OC)N1c1ccccc1. The fraction of sp³-hybridized carbons (Fsp3) is 0.280. The van der Waals surface area contributed by atoms with Crippen LogP contribution in [0.3, 0.4) is 0 Å². The number of rotatable bonds is 8. The number of anilines is 1. The molecule has 34 heavy (non-hydrogen) atoms. The second-order valence-electron chi connectivity index (χ2n) is 7.16. The number of amidine groups is 1. The number of hydrogen-bond donors (Lipinski definition) is 1. The van der Waals surface area contributed by atoms with Gasteiger partial charge in [-0.1, -0.05) is 36.4 Å². The van der Waals surface area contributed by atoms with Crippen molar-refractivity contribution in [3.05, 3.63) is 71.5 Å². The van der Waals surface area contributed by atoms with Crippen molar-refractivity contribution in [3.63, 3.8) is 0 Å². The number of benzene rings is 2. The third-order valence-electron chi connectivity index (χ3n) is 5.09. The summed E-state index contributed by atoms with van der Waals surface area (Å²) < 4.78 is 15.0. The molecule has 1 N–H and O–H groups in total. The molecule has 0 spiro atoms. The molecule has 9 nitrogen and oxygen atoms in total. The minimum absolute atomic E-state index is 0.000762. The zero-order chi connectivity index (χ0) is 24.7. The summed E-state index contributed by atoms with van der Waals surface area (Å²) in [4.78, 5) is 44.1. The lowest BCUT2D eigenvalue weighted by Gasteiger charge is -2.38. The van der Waals surface area contributed by atoms with Gasteiger partial charge in [0.25, 0.3) is 0 Å². The van der Waals surface area contributed by atoms with E-state index >= 15 is 0 Å². The third-order valence-corrected chi connectivity index (χ3v) is 5.09. The second kappa shape index (κ2) is 11.1. The standard InChI is InChI=1S/C25H26N2O7/c1-4-33-24(30)21(22(29)25(31)34-5-2)23-26-18-14-10-9-13-17(18)19(15-20(28)32-3)27(23)16-11-7-6-8-12-16/h6-14,19,29H,4-5,15H2,1-3H3/b22-21-. The quantitative estimate of drug-likeness (QED) is 0.271. The van der Waals surface area contributed by atoms with Gasteiger partial charge < -0.3 is 24.2 Å². The van der Waals surface area contributed by atoms with Crippen LogP contribution in [-0.2, 0) is 28.6 Å². The zero-order valence-corrected chi connectivity index (χ0v) is 19.2. The number of carbonyl (C=O) groups is 3. The first-order valence-corrected chi connectivity index (χ1v) is 10.8. The first kappa shape index (κ1) is 24.5. The van der Waals surface area contributed by atoms with Crippen molar-refractivity contribution in [3.8, 4) is 0 Å². The molecule has 178 valence electrons. The van der Waals surface area contributed by atoms with Gasteiger partial charge in [-0.25, -0.2) is 14.6 Å². The highest BCUT2D eigenvalue weighted by Crippen LogP contribution is 2.41. The van der Waals surface area contributed by atoms with Gasteiger partial charge in [-0.2, -0.15) is 0 Å². The van der Waals surface area contributed by atoms with Crippen LogP contribution in [0, 0.1) is 0 Å². The summed E-state index contributed by atoms with van der Waals surface area (Å²) >= 11 is 0. The number of fused-ring (bicyclic) bond motifs is 1. The summed E-state index contributed by atoms with van der Waals surface area (Å²) in [6.45, 7) is 3.16. The number of aliphatic hydroxyl groups is 1. The molecule has 3 rings (SSSR count). The summed E-state index contributed by atoms with van der Waals surface area (Å²) in [6.07, 6.45) is -0.0856. The van der Waals surface area contributed by atoms with E-state index < -0.39 is 35.3 Å². The van der Waals surface area contributed by atoms with Crippen LogP contribution in [0.25, 0.3) is 0 Å². The van der Waals surface area contributed by atoms with Gasteiger partial charge in [0.2, 0.25) is 5.76 Å². The second-order valence-corrected chi connectivity index (χ2v) is 7.16. The summed E-state index contributed by atoms with van der Waals surface area (Å²) in [5.41, 5.74) is 1.29. The zero-order valence-electron chi connectivity index (χ0n) is 19.2. The number of aliphatic hydroxyl groups excluding tert-OH is 1. The molecule has 0 radical (unpaired) electrons. The van der Waals surface area contributed by atoms with E-state index in [-0.39, 0.29) is 25.5 Å². The minimum Gasteiger partial charge on any atom is -0.501 e. The van der Waals surface area contributed by atoms with Gasteiger partial charge in [-0.05, 0) is 32.0 Å². The average molecular weight is 466 g/mol. The van der Waals surface area contributed by atoms with E-state index in [4.69, 9.17) is 14.2 Å². The van der Waals surface area contributed by atoms with E-state index in [0.717, 1.165) is 0 Å². The van der Waals surface area contributed by atoms with Crippen molar-refractivity contribution >= 4 is 35.1 Å². The summed E-state index contributed by atoms with van der Waals surface area (Å²) in [6, 6.07) is 15.3. The van der Waals surface area contributed by atoms with Crippen LogP contribution in [0.4, 0.5) is 11.4 Å². The van der Waals surface area contributed by atoms with Crippen LogP contribution in [0.15, 0.2) is 70.9 Å². The lowest BCUT2D eigenvalue weighted by molar-refractivity contribution is -0.144. The maximum Gasteiger partial charge on any atom is 0.374 e. The number of carbonyl (C=O) groups excluding carboxylic acids is 3. The molecule has 0 aliphatic carbocycles. The van der Waals surface area contributed by atoms with Crippen LogP contribution in [-0.4, -0.2) is 49.2 Å². The van der Waals surface area contributed by atoms with Gasteiger partial charge in [0.05, 0.1) is 38.5 Å². The number of aliphatic imine (C=N–C) groups is 1. The molecule has 0 bridgehead atoms. The van der Waals surface area contributed by atoms with Crippen LogP contribution >= 0.6 is 0 Å². The van der Waals surface area contributed by atoms with Crippen LogP contribution in [0.1, 0.15) is 31.9 Å². The topological polar surface area (TPSA) is 115 Å². The molecule has 0 aromatic heterocycles. The predicted molar refractivity (Wildman–Crippen MR) is 125 cm³/mol. The number of nitrogens with zero attached hydrogens (tertiary/aromatic N) is 2.